The van der Waals surface area contributed by atoms with Gasteiger partial charge in [-0.3, -0.25) is 9.59 Å². The predicted octanol–water partition coefficient (Wildman–Crippen LogP) is 4.77. The summed E-state index contributed by atoms with van der Waals surface area (Å²) in [4.78, 5) is 28.2. The highest BCUT2D eigenvalue weighted by molar-refractivity contribution is 8.00. The molecule has 0 saturated heterocycles. The lowest BCUT2D eigenvalue weighted by molar-refractivity contribution is -0.138. The lowest BCUT2D eigenvalue weighted by Gasteiger charge is -2.29. The Bertz CT molecular complexity index is 770. The van der Waals surface area contributed by atoms with Crippen LogP contribution in [-0.4, -0.2) is 35.1 Å². The van der Waals surface area contributed by atoms with Crippen LogP contribution in [0.4, 0.5) is 0 Å². The van der Waals surface area contributed by atoms with E-state index in [-0.39, 0.29) is 17.6 Å². The molecule has 6 heteroatoms. The highest BCUT2D eigenvalue weighted by Gasteiger charge is 2.26. The second-order valence-electron chi connectivity index (χ2n) is 6.54. The van der Waals surface area contributed by atoms with Crippen molar-refractivity contribution in [2.45, 2.75) is 44.2 Å². The Balaban J connectivity index is 2.11. The van der Waals surface area contributed by atoms with Gasteiger partial charge in [0, 0.05) is 23.0 Å². The van der Waals surface area contributed by atoms with E-state index in [1.165, 1.54) is 11.8 Å². The van der Waals surface area contributed by atoms with E-state index in [9.17, 15) is 9.59 Å². The number of hydrogen-bond acceptors (Lipinski definition) is 3. The molecule has 2 rings (SSSR count). The molecule has 2 aromatic rings. The molecular weight excluding hydrogens is 392 g/mol. The van der Waals surface area contributed by atoms with Crippen molar-refractivity contribution < 1.29 is 9.59 Å². The van der Waals surface area contributed by atoms with Crippen LogP contribution in [0.25, 0.3) is 0 Å². The summed E-state index contributed by atoms with van der Waals surface area (Å²) in [5, 5.41) is 3.51. The maximum atomic E-state index is 13.0. The van der Waals surface area contributed by atoms with Crippen molar-refractivity contribution >= 4 is 35.2 Å². The van der Waals surface area contributed by atoms with E-state index in [1.54, 1.807) is 17.9 Å². The molecule has 0 unspecified atom stereocenters. The molecule has 0 aliphatic heterocycles. The molecule has 0 fully saturated rings. The fraction of sp³-hybridized carbons (Fsp3) is 0.364. The van der Waals surface area contributed by atoms with Crippen molar-refractivity contribution in [3.05, 3.63) is 65.2 Å². The third-order valence-electron chi connectivity index (χ3n) is 4.40. The van der Waals surface area contributed by atoms with E-state index < -0.39 is 6.04 Å². The Hall–Kier alpha value is -1.98. The molecule has 150 valence electrons. The Labute approximate surface area is 176 Å². The van der Waals surface area contributed by atoms with E-state index in [1.807, 2.05) is 48.5 Å². The first-order chi connectivity index (χ1) is 13.5. The van der Waals surface area contributed by atoms with E-state index >= 15 is 0 Å². The number of benzene rings is 2. The van der Waals surface area contributed by atoms with Gasteiger partial charge in [0.25, 0.3) is 0 Å². The number of rotatable bonds is 10. The van der Waals surface area contributed by atoms with Crippen molar-refractivity contribution in [1.82, 2.24) is 10.2 Å². The second-order valence-corrected chi connectivity index (χ2v) is 7.99. The summed E-state index contributed by atoms with van der Waals surface area (Å²) >= 11 is 7.76. The third kappa shape index (κ3) is 6.88. The second kappa shape index (κ2) is 11.8. The number of nitrogens with one attached hydrogen (secondary N) is 1. The maximum absolute atomic E-state index is 13.0. The molecule has 0 spiro atoms. The molecule has 1 atom stereocenters. The number of halogens is 1. The van der Waals surface area contributed by atoms with E-state index in [4.69, 9.17) is 11.6 Å². The molecule has 0 aliphatic rings. The summed E-state index contributed by atoms with van der Waals surface area (Å²) in [7, 11) is 0. The standard InChI is InChI=1S/C22H27ClN2O2S/c1-3-4-14-24-22(27)17(2)25(15-18-10-8-9-13-20(18)23)21(26)16-28-19-11-6-5-7-12-19/h5-13,17H,3-4,14-16H2,1-2H3,(H,24,27)/t17-/m1/s1. The summed E-state index contributed by atoms with van der Waals surface area (Å²) < 4.78 is 0. The number of nitrogens with zero attached hydrogens (tertiary/aromatic N) is 1. The van der Waals surface area contributed by atoms with Gasteiger partial charge in [0.1, 0.15) is 6.04 Å². The van der Waals surface area contributed by atoms with Crippen LogP contribution in [0.15, 0.2) is 59.5 Å². The molecule has 28 heavy (non-hydrogen) atoms. The van der Waals surface area contributed by atoms with Gasteiger partial charge >= 0.3 is 0 Å². The first-order valence-corrected chi connectivity index (χ1v) is 10.9. The van der Waals surface area contributed by atoms with Gasteiger partial charge in [-0.05, 0) is 37.1 Å². The molecule has 2 amide bonds. The monoisotopic (exact) mass is 418 g/mol. The van der Waals surface area contributed by atoms with Crippen LogP contribution in [-0.2, 0) is 16.1 Å². The van der Waals surface area contributed by atoms with Gasteiger partial charge in [-0.1, -0.05) is 61.3 Å². The fourth-order valence-corrected chi connectivity index (χ4v) is 3.67. The lowest BCUT2D eigenvalue weighted by atomic mass is 10.1. The molecule has 0 bridgehead atoms. The zero-order valence-corrected chi connectivity index (χ0v) is 17.9. The van der Waals surface area contributed by atoms with Crippen LogP contribution in [0.1, 0.15) is 32.3 Å². The van der Waals surface area contributed by atoms with Crippen LogP contribution in [0.2, 0.25) is 5.02 Å². The van der Waals surface area contributed by atoms with Gasteiger partial charge in [-0.15, -0.1) is 11.8 Å². The van der Waals surface area contributed by atoms with Crippen molar-refractivity contribution in [3.63, 3.8) is 0 Å². The average Bonchev–Trinajstić information content (AvgIpc) is 2.71. The van der Waals surface area contributed by atoms with Crippen molar-refractivity contribution in [2.75, 3.05) is 12.3 Å². The Morgan fingerprint density at radius 3 is 2.46 bits per heavy atom. The largest absolute Gasteiger partial charge is 0.354 e. The van der Waals surface area contributed by atoms with Crippen molar-refractivity contribution in [3.8, 4) is 0 Å². The number of unbranched alkanes of at least 4 members (excludes halogenated alkanes) is 1. The number of carbonyl (C=O) groups is 2. The van der Waals surface area contributed by atoms with Crippen LogP contribution in [0.3, 0.4) is 0 Å². The quantitative estimate of drug-likeness (QED) is 0.446. The van der Waals surface area contributed by atoms with Crippen LogP contribution < -0.4 is 5.32 Å². The summed E-state index contributed by atoms with van der Waals surface area (Å²) in [6.07, 6.45) is 1.92. The molecule has 4 nitrogen and oxygen atoms in total. The number of amides is 2. The number of carbonyl (C=O) groups excluding carboxylic acids is 2. The fourth-order valence-electron chi connectivity index (χ4n) is 2.67. The van der Waals surface area contributed by atoms with Gasteiger partial charge in [0.2, 0.25) is 11.8 Å². The van der Waals surface area contributed by atoms with Crippen molar-refractivity contribution in [1.29, 1.82) is 0 Å². The van der Waals surface area contributed by atoms with Crippen molar-refractivity contribution in [2.24, 2.45) is 0 Å². The highest BCUT2D eigenvalue weighted by Crippen LogP contribution is 2.22. The summed E-state index contributed by atoms with van der Waals surface area (Å²) in [5.41, 5.74) is 0.829. The molecule has 0 saturated carbocycles. The van der Waals surface area contributed by atoms with E-state index in [0.29, 0.717) is 18.1 Å². The minimum atomic E-state index is -0.572. The predicted molar refractivity (Wildman–Crippen MR) is 117 cm³/mol. The van der Waals surface area contributed by atoms with Crippen LogP contribution >= 0.6 is 23.4 Å². The first kappa shape index (κ1) is 22.3. The summed E-state index contributed by atoms with van der Waals surface area (Å²) in [5.74, 6) is 0.0339. The zero-order valence-electron chi connectivity index (χ0n) is 16.4. The first-order valence-electron chi connectivity index (χ1n) is 9.51. The number of thioether (sulfide) groups is 1. The van der Waals surface area contributed by atoms with Gasteiger partial charge in [-0.25, -0.2) is 0 Å². The minimum Gasteiger partial charge on any atom is -0.354 e. The zero-order chi connectivity index (χ0) is 20.4. The smallest absolute Gasteiger partial charge is 0.242 e. The summed E-state index contributed by atoms with van der Waals surface area (Å²) in [6, 6.07) is 16.6. The molecule has 0 aliphatic carbocycles. The van der Waals surface area contributed by atoms with E-state index in [2.05, 4.69) is 12.2 Å². The van der Waals surface area contributed by atoms with E-state index in [0.717, 1.165) is 23.3 Å². The Kier molecular flexibility index (Phi) is 9.38. The molecule has 2 aromatic carbocycles. The molecule has 1 N–H and O–H groups in total. The maximum Gasteiger partial charge on any atom is 0.242 e. The average molecular weight is 419 g/mol. The lowest BCUT2D eigenvalue weighted by Crippen LogP contribution is -2.48. The topological polar surface area (TPSA) is 49.4 Å². The molecule has 0 heterocycles. The Morgan fingerprint density at radius 2 is 1.79 bits per heavy atom. The van der Waals surface area contributed by atoms with Gasteiger partial charge in [-0.2, -0.15) is 0 Å². The Morgan fingerprint density at radius 1 is 1.11 bits per heavy atom. The van der Waals surface area contributed by atoms with Gasteiger partial charge < -0.3 is 10.2 Å². The van der Waals surface area contributed by atoms with Gasteiger partial charge in [0.15, 0.2) is 0 Å². The highest BCUT2D eigenvalue weighted by atomic mass is 35.5. The third-order valence-corrected chi connectivity index (χ3v) is 5.77. The molecule has 0 radical (unpaired) electrons. The summed E-state index contributed by atoms with van der Waals surface area (Å²) in [6.45, 7) is 4.76. The molecular formula is C22H27ClN2O2S. The SMILES string of the molecule is CCCCNC(=O)[C@@H](C)N(Cc1ccccc1Cl)C(=O)CSc1ccccc1. The minimum absolute atomic E-state index is 0.0908. The van der Waals surface area contributed by atoms with Crippen LogP contribution in [0.5, 0.6) is 0 Å². The molecule has 0 aromatic heterocycles. The normalized spacial score (nSPS) is 11.7. The van der Waals surface area contributed by atoms with Crippen LogP contribution in [0, 0.1) is 0 Å². The number of hydrogen-bond donors (Lipinski definition) is 1. The van der Waals surface area contributed by atoms with Gasteiger partial charge in [0.05, 0.1) is 5.75 Å².